The minimum Gasteiger partial charge on any atom is -0.328 e. The van der Waals surface area contributed by atoms with Gasteiger partial charge in [0.25, 0.3) is 0 Å². The predicted molar refractivity (Wildman–Crippen MR) is 51.3 cm³/mol. The maximum absolute atomic E-state index is 12.4. The number of likely N-dealkylation sites (tertiary alicyclic amines) is 1. The van der Waals surface area contributed by atoms with Gasteiger partial charge in [0, 0.05) is 12.1 Å². The van der Waals surface area contributed by atoms with E-state index in [0.717, 1.165) is 12.8 Å². The number of nitrogens with zero attached hydrogens (tertiary/aromatic N) is 1. The van der Waals surface area contributed by atoms with E-state index in [-0.39, 0.29) is 18.9 Å². The van der Waals surface area contributed by atoms with Gasteiger partial charge >= 0.3 is 6.18 Å². The highest BCUT2D eigenvalue weighted by atomic mass is 19.4. The monoisotopic (exact) mass is 222 g/mol. The zero-order chi connectivity index (χ0) is 11.1. The summed E-state index contributed by atoms with van der Waals surface area (Å²) in [4.78, 5) is 2.17. The first kappa shape index (κ1) is 11.2. The molecule has 2 aliphatic rings. The highest BCUT2D eigenvalue weighted by Crippen LogP contribution is 2.36. The van der Waals surface area contributed by atoms with Crippen LogP contribution in [0, 0.1) is 5.92 Å². The van der Waals surface area contributed by atoms with E-state index >= 15 is 0 Å². The molecule has 0 atom stereocenters. The van der Waals surface area contributed by atoms with Gasteiger partial charge in [-0.05, 0) is 38.8 Å². The van der Waals surface area contributed by atoms with Crippen molar-refractivity contribution in [2.75, 3.05) is 13.1 Å². The molecule has 2 rings (SSSR count). The van der Waals surface area contributed by atoms with Crippen LogP contribution in [0.25, 0.3) is 0 Å². The number of hydrogen-bond acceptors (Lipinski definition) is 2. The number of halogens is 3. The van der Waals surface area contributed by atoms with E-state index < -0.39 is 12.1 Å². The molecule has 15 heavy (non-hydrogen) atoms. The number of piperidine rings is 1. The van der Waals surface area contributed by atoms with Crippen molar-refractivity contribution in [3.05, 3.63) is 0 Å². The van der Waals surface area contributed by atoms with Gasteiger partial charge in [0.2, 0.25) is 0 Å². The molecule has 2 N–H and O–H groups in total. The molecule has 1 heterocycles. The number of nitrogens with two attached hydrogens (primary N) is 1. The third kappa shape index (κ3) is 2.45. The third-order valence-electron chi connectivity index (χ3n) is 3.66. The van der Waals surface area contributed by atoms with Crippen LogP contribution in [0.2, 0.25) is 0 Å². The van der Waals surface area contributed by atoms with Gasteiger partial charge in [-0.15, -0.1) is 0 Å². The first-order valence-corrected chi connectivity index (χ1v) is 5.53. The highest BCUT2D eigenvalue weighted by molar-refractivity contribution is 4.91. The third-order valence-corrected chi connectivity index (χ3v) is 3.66. The van der Waals surface area contributed by atoms with Crippen molar-refractivity contribution < 1.29 is 13.2 Å². The van der Waals surface area contributed by atoms with E-state index in [1.54, 1.807) is 0 Å². The minimum atomic E-state index is -4.00. The smallest absolute Gasteiger partial charge is 0.328 e. The van der Waals surface area contributed by atoms with Crippen LogP contribution in [-0.2, 0) is 0 Å². The Hall–Kier alpha value is -0.290. The first-order valence-electron chi connectivity index (χ1n) is 5.53. The van der Waals surface area contributed by atoms with Crippen LogP contribution in [-0.4, -0.2) is 36.2 Å². The molecule has 1 aliphatic heterocycles. The van der Waals surface area contributed by atoms with E-state index in [2.05, 4.69) is 4.90 Å². The lowest BCUT2D eigenvalue weighted by Crippen LogP contribution is -2.53. The normalized spacial score (nSPS) is 35.2. The van der Waals surface area contributed by atoms with Crippen molar-refractivity contribution in [3.8, 4) is 0 Å². The second kappa shape index (κ2) is 3.94. The summed E-state index contributed by atoms with van der Waals surface area (Å²) in [7, 11) is 0. The van der Waals surface area contributed by atoms with Crippen LogP contribution in [0.4, 0.5) is 13.2 Å². The molecule has 0 amide bonds. The van der Waals surface area contributed by atoms with Gasteiger partial charge in [-0.1, -0.05) is 0 Å². The summed E-state index contributed by atoms with van der Waals surface area (Å²) in [5.41, 5.74) is 5.67. The fraction of sp³-hybridized carbons (Fsp3) is 1.00. The summed E-state index contributed by atoms with van der Waals surface area (Å²) in [5, 5.41) is 0. The summed E-state index contributed by atoms with van der Waals surface area (Å²) >= 11 is 0. The molecule has 0 radical (unpaired) electrons. The van der Waals surface area contributed by atoms with E-state index in [1.165, 1.54) is 0 Å². The summed E-state index contributed by atoms with van der Waals surface area (Å²) in [5.74, 6) is -1.08. The van der Waals surface area contributed by atoms with E-state index in [9.17, 15) is 13.2 Å². The van der Waals surface area contributed by atoms with E-state index in [0.29, 0.717) is 19.1 Å². The van der Waals surface area contributed by atoms with Crippen LogP contribution >= 0.6 is 0 Å². The van der Waals surface area contributed by atoms with Crippen molar-refractivity contribution in [2.24, 2.45) is 11.7 Å². The van der Waals surface area contributed by atoms with Gasteiger partial charge in [-0.3, -0.25) is 0 Å². The molecular weight excluding hydrogens is 205 g/mol. The Bertz CT molecular complexity index is 215. The van der Waals surface area contributed by atoms with E-state index in [1.807, 2.05) is 0 Å². The van der Waals surface area contributed by atoms with Crippen molar-refractivity contribution in [1.82, 2.24) is 4.90 Å². The average Bonchev–Trinajstić information content (AvgIpc) is 2.12. The van der Waals surface area contributed by atoms with Crippen LogP contribution in [0.1, 0.15) is 25.7 Å². The van der Waals surface area contributed by atoms with Gasteiger partial charge in [-0.2, -0.15) is 13.2 Å². The molecule has 2 fully saturated rings. The average molecular weight is 222 g/mol. The Balaban J connectivity index is 1.77. The Morgan fingerprint density at radius 3 is 2.00 bits per heavy atom. The molecule has 0 aromatic carbocycles. The SMILES string of the molecule is NC1CC(N2CCC(C(F)(F)F)CC2)C1. The number of rotatable bonds is 1. The number of alkyl halides is 3. The van der Waals surface area contributed by atoms with Crippen LogP contribution in [0.15, 0.2) is 0 Å². The molecule has 2 nitrogen and oxygen atoms in total. The largest absolute Gasteiger partial charge is 0.391 e. The maximum Gasteiger partial charge on any atom is 0.391 e. The molecule has 0 spiro atoms. The van der Waals surface area contributed by atoms with Crippen molar-refractivity contribution in [1.29, 1.82) is 0 Å². The zero-order valence-corrected chi connectivity index (χ0v) is 8.63. The highest BCUT2D eigenvalue weighted by Gasteiger charge is 2.43. The summed E-state index contributed by atoms with van der Waals surface area (Å²) in [6.07, 6.45) is -1.57. The van der Waals surface area contributed by atoms with Gasteiger partial charge in [0.1, 0.15) is 0 Å². The Kier molecular flexibility index (Phi) is 2.94. The first-order chi connectivity index (χ1) is 6.97. The van der Waals surface area contributed by atoms with Gasteiger partial charge < -0.3 is 10.6 Å². The summed E-state index contributed by atoms with van der Waals surface area (Å²) in [6, 6.07) is 0.726. The molecule has 1 saturated carbocycles. The van der Waals surface area contributed by atoms with Gasteiger partial charge in [-0.25, -0.2) is 0 Å². The van der Waals surface area contributed by atoms with Gasteiger partial charge in [0.05, 0.1) is 5.92 Å². The Labute approximate surface area is 87.6 Å². The molecule has 88 valence electrons. The molecule has 0 unspecified atom stereocenters. The molecule has 5 heteroatoms. The second-order valence-electron chi connectivity index (χ2n) is 4.74. The molecule has 0 bridgehead atoms. The Morgan fingerprint density at radius 2 is 1.60 bits per heavy atom. The lowest BCUT2D eigenvalue weighted by molar-refractivity contribution is -0.187. The van der Waals surface area contributed by atoms with Gasteiger partial charge in [0.15, 0.2) is 0 Å². The quantitative estimate of drug-likeness (QED) is 0.732. The lowest BCUT2D eigenvalue weighted by Gasteiger charge is -2.44. The standard InChI is InChI=1S/C10H17F3N2/c11-10(12,13)7-1-3-15(4-2-7)9-5-8(14)6-9/h7-9H,1-6,14H2. The molecule has 1 saturated heterocycles. The second-order valence-corrected chi connectivity index (χ2v) is 4.74. The summed E-state index contributed by atoms with van der Waals surface area (Å²) < 4.78 is 37.2. The molecule has 1 aliphatic carbocycles. The molecule has 0 aromatic rings. The predicted octanol–water partition coefficient (Wildman–Crippen LogP) is 1.75. The van der Waals surface area contributed by atoms with E-state index in [4.69, 9.17) is 5.73 Å². The zero-order valence-electron chi connectivity index (χ0n) is 8.63. The Morgan fingerprint density at radius 1 is 1.07 bits per heavy atom. The minimum absolute atomic E-state index is 0.259. The van der Waals surface area contributed by atoms with Crippen LogP contribution < -0.4 is 5.73 Å². The van der Waals surface area contributed by atoms with Crippen LogP contribution in [0.5, 0.6) is 0 Å². The van der Waals surface area contributed by atoms with Crippen molar-refractivity contribution >= 4 is 0 Å². The van der Waals surface area contributed by atoms with Crippen molar-refractivity contribution in [3.63, 3.8) is 0 Å². The molecule has 0 aromatic heterocycles. The van der Waals surface area contributed by atoms with Crippen LogP contribution in [0.3, 0.4) is 0 Å². The maximum atomic E-state index is 12.4. The fourth-order valence-electron chi connectivity index (χ4n) is 2.52. The fourth-order valence-corrected chi connectivity index (χ4v) is 2.52. The molecular formula is C10H17F3N2. The topological polar surface area (TPSA) is 29.3 Å². The lowest BCUT2D eigenvalue weighted by atomic mass is 9.84. The summed E-state index contributed by atoms with van der Waals surface area (Å²) in [6.45, 7) is 1.17. The van der Waals surface area contributed by atoms with Crippen molar-refractivity contribution in [2.45, 2.75) is 43.9 Å². The number of hydrogen-bond donors (Lipinski definition) is 1.